The molecule has 10 nitrogen and oxygen atoms in total. The lowest BCUT2D eigenvalue weighted by Crippen LogP contribution is -2.41. The highest BCUT2D eigenvalue weighted by molar-refractivity contribution is 5.99. The van der Waals surface area contributed by atoms with E-state index in [1.54, 1.807) is 13.2 Å². The number of nitrogens with zero attached hydrogens (tertiary/aromatic N) is 2. The zero-order valence-electron chi connectivity index (χ0n) is 28.5. The van der Waals surface area contributed by atoms with Crippen molar-refractivity contribution in [3.63, 3.8) is 0 Å². The molecule has 3 N–H and O–H groups in total. The van der Waals surface area contributed by atoms with Gasteiger partial charge in [0.2, 0.25) is 0 Å². The molecule has 1 spiro atoms. The van der Waals surface area contributed by atoms with Gasteiger partial charge in [0, 0.05) is 67.6 Å². The molecule has 2 aromatic carbocycles. The molecule has 4 aliphatic rings. The molecule has 0 saturated carbocycles. The Bertz CT molecular complexity index is 1770. The minimum absolute atomic E-state index is 0.0845. The molecule has 0 atom stereocenters. The maximum atomic E-state index is 14.1. The number of ether oxygens (including phenoxy) is 2. The molecule has 48 heavy (non-hydrogen) atoms. The van der Waals surface area contributed by atoms with Crippen molar-refractivity contribution in [2.75, 3.05) is 63.4 Å². The first-order chi connectivity index (χ1) is 23.3. The third kappa shape index (κ3) is 5.86. The quantitative estimate of drug-likeness (QED) is 0.360. The molecule has 4 heterocycles. The van der Waals surface area contributed by atoms with Crippen LogP contribution in [0.1, 0.15) is 61.0 Å². The fraction of sp³-hybridized carbons (Fsp3) is 0.447. The molecule has 252 valence electrons. The number of nitrogens with one attached hydrogen (secondary N) is 3. The zero-order chi connectivity index (χ0) is 34.0. The molecule has 0 bridgehead atoms. The minimum Gasteiger partial charge on any atom is -0.496 e. The zero-order valence-corrected chi connectivity index (χ0v) is 28.5. The number of carbonyl (C=O) groups is 1. The summed E-state index contributed by atoms with van der Waals surface area (Å²) in [6.45, 7) is 9.95. The second kappa shape index (κ2) is 13.9. The number of rotatable bonds is 8. The molecule has 0 radical (unpaired) electrons. The van der Waals surface area contributed by atoms with Crippen molar-refractivity contribution in [2.45, 2.75) is 57.9 Å². The van der Waals surface area contributed by atoms with E-state index >= 15 is 0 Å². The number of hydrogen-bond donors (Lipinski definition) is 3. The van der Waals surface area contributed by atoms with Crippen LogP contribution in [0.4, 0.5) is 11.4 Å². The summed E-state index contributed by atoms with van der Waals surface area (Å²) in [5.74, 6) is 4.49. The first-order valence-electron chi connectivity index (χ1n) is 16.9. The number of dihydropyridines is 1. The van der Waals surface area contributed by atoms with Crippen molar-refractivity contribution in [3.05, 3.63) is 81.5 Å². The number of anilines is 2. The number of fused-ring (bicyclic) bond motifs is 2. The number of allylic oxidation sites excluding steroid dienone is 3. The van der Waals surface area contributed by atoms with Crippen LogP contribution >= 0.6 is 0 Å². The number of hydrogen-bond acceptors (Lipinski definition) is 9. The summed E-state index contributed by atoms with van der Waals surface area (Å²) >= 11 is 0. The van der Waals surface area contributed by atoms with E-state index in [1.807, 2.05) is 37.8 Å². The van der Waals surface area contributed by atoms with Crippen molar-refractivity contribution in [1.29, 1.82) is 0 Å². The van der Waals surface area contributed by atoms with E-state index in [2.05, 4.69) is 58.0 Å². The molecule has 0 aromatic heterocycles. The second-order valence-electron chi connectivity index (χ2n) is 13.0. The van der Waals surface area contributed by atoms with E-state index in [-0.39, 0.29) is 29.6 Å². The molecule has 1 amide bonds. The van der Waals surface area contributed by atoms with Gasteiger partial charge in [-0.2, -0.15) is 0 Å². The van der Waals surface area contributed by atoms with Gasteiger partial charge in [0.1, 0.15) is 23.1 Å². The molecule has 2 aromatic rings. The third-order valence-corrected chi connectivity index (χ3v) is 10.5. The number of piperidine rings is 1. The van der Waals surface area contributed by atoms with E-state index < -0.39 is 0 Å². The van der Waals surface area contributed by atoms with Crippen LogP contribution in [0.25, 0.3) is 11.1 Å². The Labute approximate surface area is 282 Å². The van der Waals surface area contributed by atoms with E-state index in [0.717, 1.165) is 84.6 Å². The summed E-state index contributed by atoms with van der Waals surface area (Å²) in [4.78, 5) is 42.6. The number of methoxy groups -OCH3 is 1. The Kier molecular flexibility index (Phi) is 9.63. The van der Waals surface area contributed by atoms with Gasteiger partial charge >= 0.3 is 0 Å². The fourth-order valence-corrected chi connectivity index (χ4v) is 7.93. The number of benzene rings is 2. The smallest absolute Gasteiger partial charge is 0.251 e. The maximum absolute atomic E-state index is 14.1. The Morgan fingerprint density at radius 3 is 2.52 bits per heavy atom. The lowest BCUT2D eigenvalue weighted by Gasteiger charge is -2.37. The molecule has 2 saturated heterocycles. The monoisotopic (exact) mass is 651 g/mol. The molecule has 4 aliphatic heterocycles. The molecular formula is C38H45N5O5. The van der Waals surface area contributed by atoms with Crippen LogP contribution in [-0.2, 0) is 24.5 Å². The van der Waals surface area contributed by atoms with Gasteiger partial charge in [-0.05, 0) is 106 Å². The van der Waals surface area contributed by atoms with Crippen molar-refractivity contribution in [3.8, 4) is 11.1 Å². The SMILES string of the molecule is CCN(c1cc(-c2ccc3c(c2)N(C)C(=C=O)C32CCNCC2)cc(C(=O)NCC2=C(OC)C=C(C)NC2=C=O)c1C)C1CCOCC1. The van der Waals surface area contributed by atoms with Crippen LogP contribution in [-0.4, -0.2) is 77.4 Å². The van der Waals surface area contributed by atoms with E-state index in [4.69, 9.17) is 9.47 Å². The van der Waals surface area contributed by atoms with Crippen molar-refractivity contribution >= 4 is 29.2 Å². The Hall–Kier alpha value is -4.59. The fourth-order valence-electron chi connectivity index (χ4n) is 7.93. The largest absolute Gasteiger partial charge is 0.496 e. The minimum atomic E-state index is -0.340. The highest BCUT2D eigenvalue weighted by Gasteiger charge is 2.47. The lowest BCUT2D eigenvalue weighted by molar-refractivity contribution is 0.0846. The van der Waals surface area contributed by atoms with Gasteiger partial charge in [0.05, 0.1) is 12.5 Å². The number of amides is 1. The highest BCUT2D eigenvalue weighted by Crippen LogP contribution is 2.52. The predicted molar refractivity (Wildman–Crippen MR) is 187 cm³/mol. The molecule has 6 rings (SSSR count). The van der Waals surface area contributed by atoms with Crippen molar-refractivity contribution < 1.29 is 23.9 Å². The molecule has 0 aliphatic carbocycles. The average molecular weight is 652 g/mol. The van der Waals surface area contributed by atoms with Gasteiger partial charge in [-0.3, -0.25) is 4.79 Å². The Morgan fingerprint density at radius 1 is 1.10 bits per heavy atom. The van der Waals surface area contributed by atoms with Gasteiger partial charge in [-0.1, -0.05) is 12.1 Å². The summed E-state index contributed by atoms with van der Waals surface area (Å²) < 4.78 is 11.2. The van der Waals surface area contributed by atoms with Crippen LogP contribution < -0.4 is 25.8 Å². The third-order valence-electron chi connectivity index (χ3n) is 10.5. The van der Waals surface area contributed by atoms with Gasteiger partial charge in [0.15, 0.2) is 5.94 Å². The number of carbonyl (C=O) groups excluding carboxylic acids is 3. The van der Waals surface area contributed by atoms with Gasteiger partial charge in [-0.15, -0.1) is 0 Å². The topological polar surface area (TPSA) is 112 Å². The summed E-state index contributed by atoms with van der Waals surface area (Å²) in [5.41, 5.74) is 8.34. The van der Waals surface area contributed by atoms with Crippen LogP contribution in [0.15, 0.2) is 64.8 Å². The highest BCUT2D eigenvalue weighted by atomic mass is 16.5. The van der Waals surface area contributed by atoms with Crippen LogP contribution in [0.5, 0.6) is 0 Å². The van der Waals surface area contributed by atoms with Gasteiger partial charge in [0.25, 0.3) is 5.91 Å². The van der Waals surface area contributed by atoms with E-state index in [0.29, 0.717) is 35.8 Å². The normalized spacial score (nSPS) is 18.9. The molecular weight excluding hydrogens is 606 g/mol. The Balaban J connectivity index is 1.42. The second-order valence-corrected chi connectivity index (χ2v) is 13.0. The summed E-state index contributed by atoms with van der Waals surface area (Å²) in [5, 5.41) is 9.50. The first kappa shape index (κ1) is 33.3. The van der Waals surface area contributed by atoms with Crippen molar-refractivity contribution in [2.24, 2.45) is 0 Å². The standard InChI is InChI=1S/C38H45N5O5/c1-6-43(28-9-15-48-16-10-28)33-20-27(26-7-8-31-34(19-26)42(4)36(23-45)38(31)11-13-39-14-12-38)18-29(25(33)3)37(46)40-21-30-32(22-44)41-24(2)17-35(30)47-5/h7-8,17-20,28,39,41H,6,9-16,21H2,1-5H3,(H,40,46). The molecule has 10 heteroatoms. The Morgan fingerprint density at radius 2 is 1.85 bits per heavy atom. The van der Waals surface area contributed by atoms with Gasteiger partial charge in [-0.25, -0.2) is 9.59 Å². The summed E-state index contributed by atoms with van der Waals surface area (Å²) in [6, 6.07) is 10.8. The van der Waals surface area contributed by atoms with E-state index in [9.17, 15) is 14.4 Å². The number of likely N-dealkylation sites (N-methyl/N-ethyl adjacent to an activating group) is 1. The lowest BCUT2D eigenvalue weighted by atomic mass is 9.72. The molecule has 0 unspecified atom stereocenters. The predicted octanol–water partition coefficient (Wildman–Crippen LogP) is 4.31. The first-order valence-corrected chi connectivity index (χ1v) is 16.9. The van der Waals surface area contributed by atoms with Crippen LogP contribution in [0, 0.1) is 6.92 Å². The van der Waals surface area contributed by atoms with Crippen LogP contribution in [0.2, 0.25) is 0 Å². The average Bonchev–Trinajstić information content (AvgIpc) is 3.33. The van der Waals surface area contributed by atoms with E-state index in [1.165, 1.54) is 0 Å². The molecule has 2 fully saturated rings. The summed E-state index contributed by atoms with van der Waals surface area (Å²) in [7, 11) is 3.49. The summed E-state index contributed by atoms with van der Waals surface area (Å²) in [6.07, 6.45) is 5.31. The van der Waals surface area contributed by atoms with Crippen LogP contribution in [0.3, 0.4) is 0 Å². The maximum Gasteiger partial charge on any atom is 0.251 e. The van der Waals surface area contributed by atoms with Crippen molar-refractivity contribution in [1.82, 2.24) is 16.0 Å². The van der Waals surface area contributed by atoms with Gasteiger partial charge < -0.3 is 35.2 Å².